The highest BCUT2D eigenvalue weighted by molar-refractivity contribution is 7.28. The van der Waals surface area contributed by atoms with Crippen molar-refractivity contribution in [2.24, 2.45) is 5.92 Å². The molecular weight excluding hydrogens is 499 g/mol. The Hall–Kier alpha value is -3.92. The first kappa shape index (κ1) is 22.1. The van der Waals surface area contributed by atoms with Gasteiger partial charge in [-0.25, -0.2) is 0 Å². The van der Waals surface area contributed by atoms with Gasteiger partial charge >= 0.3 is 0 Å². The number of aromatic nitrogens is 1. The highest BCUT2D eigenvalue weighted by atomic mass is 32.1. The SMILES string of the molecule is CC1C=CC(c2ccccc2)=C(n2c3sc4ccccc4c3c3c4ccccc4sc32)C1c1ccccc1. The van der Waals surface area contributed by atoms with Crippen molar-refractivity contribution in [1.29, 1.82) is 0 Å². The van der Waals surface area contributed by atoms with Gasteiger partial charge < -0.3 is 0 Å². The minimum Gasteiger partial charge on any atom is -0.294 e. The van der Waals surface area contributed by atoms with Gasteiger partial charge in [-0.2, -0.15) is 0 Å². The molecule has 3 aromatic heterocycles. The molecule has 0 saturated carbocycles. The Balaban J connectivity index is 1.59. The largest absolute Gasteiger partial charge is 0.294 e. The van der Waals surface area contributed by atoms with Crippen molar-refractivity contribution in [3.8, 4) is 0 Å². The van der Waals surface area contributed by atoms with E-state index < -0.39 is 0 Å². The van der Waals surface area contributed by atoms with E-state index in [0.29, 0.717) is 5.92 Å². The molecule has 0 amide bonds. The van der Waals surface area contributed by atoms with Gasteiger partial charge in [-0.15, -0.1) is 22.7 Å². The molecule has 1 aliphatic rings. The number of hydrogen-bond donors (Lipinski definition) is 0. The zero-order chi connectivity index (χ0) is 25.2. The molecule has 2 unspecified atom stereocenters. The predicted molar refractivity (Wildman–Crippen MR) is 167 cm³/mol. The lowest BCUT2D eigenvalue weighted by Gasteiger charge is -2.32. The van der Waals surface area contributed by atoms with Gasteiger partial charge in [0.05, 0.1) is 0 Å². The number of nitrogens with zero attached hydrogens (tertiary/aromatic N) is 1. The van der Waals surface area contributed by atoms with Crippen LogP contribution in [0.15, 0.2) is 121 Å². The second kappa shape index (κ2) is 8.56. The summed E-state index contributed by atoms with van der Waals surface area (Å²) in [4.78, 5) is 2.70. The number of hydrogen-bond acceptors (Lipinski definition) is 2. The molecular formula is C35H25NS2. The monoisotopic (exact) mass is 523 g/mol. The van der Waals surface area contributed by atoms with E-state index in [1.54, 1.807) is 0 Å². The van der Waals surface area contributed by atoms with Crippen molar-refractivity contribution < 1.29 is 0 Å². The molecule has 0 aliphatic heterocycles. The second-order valence-electron chi connectivity index (χ2n) is 10.2. The van der Waals surface area contributed by atoms with E-state index in [1.165, 1.54) is 63.0 Å². The minimum atomic E-state index is 0.241. The number of fused-ring (bicyclic) bond motifs is 7. The normalized spacial score (nSPS) is 17.9. The van der Waals surface area contributed by atoms with Crippen molar-refractivity contribution in [3.05, 3.63) is 132 Å². The van der Waals surface area contributed by atoms with Gasteiger partial charge in [0, 0.05) is 48.1 Å². The van der Waals surface area contributed by atoms with Crippen LogP contribution in [0.2, 0.25) is 0 Å². The summed E-state index contributed by atoms with van der Waals surface area (Å²) in [6, 6.07) is 39.9. The third kappa shape index (κ3) is 3.16. The van der Waals surface area contributed by atoms with Gasteiger partial charge in [0.15, 0.2) is 0 Å². The van der Waals surface area contributed by atoms with Crippen LogP contribution in [-0.2, 0) is 0 Å². The minimum absolute atomic E-state index is 0.241. The molecule has 7 aromatic rings. The Labute approximate surface area is 229 Å². The van der Waals surface area contributed by atoms with Crippen LogP contribution in [0.25, 0.3) is 51.9 Å². The zero-order valence-corrected chi connectivity index (χ0v) is 22.6. The standard InChI is InChI=1S/C35H25NS2/c1-22-20-21-25(23-12-4-2-5-13-23)33(30(22)24-14-6-3-7-15-24)36-34-31(26-16-8-10-18-28(26)37-34)32-27-17-9-11-19-29(27)38-35(32)36/h2-22,30H,1H3. The van der Waals surface area contributed by atoms with Crippen LogP contribution < -0.4 is 0 Å². The molecule has 0 bridgehead atoms. The van der Waals surface area contributed by atoms with Gasteiger partial charge in [0.2, 0.25) is 0 Å². The van der Waals surface area contributed by atoms with Crippen LogP contribution in [0.4, 0.5) is 0 Å². The van der Waals surface area contributed by atoms with E-state index >= 15 is 0 Å². The van der Waals surface area contributed by atoms with E-state index in [0.717, 1.165) is 0 Å². The quantitative estimate of drug-likeness (QED) is 0.217. The first-order valence-corrected chi connectivity index (χ1v) is 14.8. The van der Waals surface area contributed by atoms with E-state index in [9.17, 15) is 0 Å². The molecule has 8 rings (SSSR count). The Morgan fingerprint density at radius 3 is 1.74 bits per heavy atom. The van der Waals surface area contributed by atoms with E-state index in [4.69, 9.17) is 0 Å². The molecule has 0 spiro atoms. The number of thiophene rings is 2. The van der Waals surface area contributed by atoms with Crippen LogP contribution in [0.5, 0.6) is 0 Å². The third-order valence-electron chi connectivity index (χ3n) is 7.96. The molecule has 1 aliphatic carbocycles. The second-order valence-corrected chi connectivity index (χ2v) is 12.2. The zero-order valence-electron chi connectivity index (χ0n) is 21.0. The predicted octanol–water partition coefficient (Wildman–Crippen LogP) is 10.6. The highest BCUT2D eigenvalue weighted by Crippen LogP contribution is 2.52. The Bertz CT molecular complexity index is 1950. The lowest BCUT2D eigenvalue weighted by Crippen LogP contribution is -2.18. The fourth-order valence-corrected chi connectivity index (χ4v) is 8.80. The molecule has 3 heteroatoms. The summed E-state index contributed by atoms with van der Waals surface area (Å²) in [5.74, 6) is 0.613. The Kier molecular flexibility index (Phi) is 4.98. The van der Waals surface area contributed by atoms with E-state index in [-0.39, 0.29) is 5.92 Å². The smallest absolute Gasteiger partial charge is 0.110 e. The average Bonchev–Trinajstić information content (AvgIpc) is 3.61. The molecule has 182 valence electrons. The van der Waals surface area contributed by atoms with Crippen molar-refractivity contribution in [2.45, 2.75) is 12.8 Å². The summed E-state index contributed by atoms with van der Waals surface area (Å²) in [5.41, 5.74) is 5.33. The maximum absolute atomic E-state index is 2.64. The van der Waals surface area contributed by atoms with Gasteiger partial charge in [0.1, 0.15) is 9.66 Å². The molecule has 3 heterocycles. The maximum Gasteiger partial charge on any atom is 0.110 e. The Morgan fingerprint density at radius 2 is 1.13 bits per heavy atom. The average molecular weight is 524 g/mol. The summed E-state index contributed by atoms with van der Waals surface area (Å²) in [6.07, 6.45) is 4.77. The van der Waals surface area contributed by atoms with Crippen molar-refractivity contribution in [3.63, 3.8) is 0 Å². The van der Waals surface area contributed by atoms with Gasteiger partial charge in [0.25, 0.3) is 0 Å². The summed E-state index contributed by atoms with van der Waals surface area (Å²) in [6.45, 7) is 2.36. The first-order chi connectivity index (χ1) is 18.8. The number of benzene rings is 4. The number of allylic oxidation sites excluding steroid dienone is 4. The van der Waals surface area contributed by atoms with Crippen LogP contribution in [0.3, 0.4) is 0 Å². The van der Waals surface area contributed by atoms with Crippen molar-refractivity contribution in [1.82, 2.24) is 4.57 Å². The summed E-state index contributed by atoms with van der Waals surface area (Å²) < 4.78 is 5.34. The van der Waals surface area contributed by atoms with E-state index in [1.807, 2.05) is 22.7 Å². The topological polar surface area (TPSA) is 4.93 Å². The van der Waals surface area contributed by atoms with Crippen LogP contribution in [0, 0.1) is 5.92 Å². The van der Waals surface area contributed by atoms with Gasteiger partial charge in [-0.05, 0) is 29.2 Å². The number of rotatable bonds is 3. The van der Waals surface area contributed by atoms with Crippen LogP contribution >= 0.6 is 22.7 Å². The van der Waals surface area contributed by atoms with Crippen LogP contribution in [-0.4, -0.2) is 4.57 Å². The Morgan fingerprint density at radius 1 is 0.605 bits per heavy atom. The van der Waals surface area contributed by atoms with Gasteiger partial charge in [-0.3, -0.25) is 4.57 Å². The molecule has 0 saturated heterocycles. The molecule has 38 heavy (non-hydrogen) atoms. The molecule has 2 atom stereocenters. The van der Waals surface area contributed by atoms with Crippen molar-refractivity contribution in [2.75, 3.05) is 0 Å². The van der Waals surface area contributed by atoms with Crippen molar-refractivity contribution >= 4 is 74.5 Å². The summed E-state index contributed by atoms with van der Waals surface area (Å²) in [7, 11) is 0. The summed E-state index contributed by atoms with van der Waals surface area (Å²) >= 11 is 3.86. The van der Waals surface area contributed by atoms with E-state index in [2.05, 4.69) is 133 Å². The molecule has 1 nitrogen and oxygen atoms in total. The molecule has 4 aromatic carbocycles. The lowest BCUT2D eigenvalue weighted by atomic mass is 9.78. The van der Waals surface area contributed by atoms with Gasteiger partial charge in [-0.1, -0.05) is 116 Å². The molecule has 0 radical (unpaired) electrons. The third-order valence-corrected chi connectivity index (χ3v) is 10.3. The molecule has 0 fully saturated rings. The summed E-state index contributed by atoms with van der Waals surface area (Å²) in [5, 5.41) is 5.51. The molecule has 0 N–H and O–H groups in total. The van der Waals surface area contributed by atoms with Crippen LogP contribution in [0.1, 0.15) is 24.0 Å². The highest BCUT2D eigenvalue weighted by Gasteiger charge is 2.33. The first-order valence-electron chi connectivity index (χ1n) is 13.2. The maximum atomic E-state index is 2.64. The fraction of sp³-hybridized carbons (Fsp3) is 0.0857. The lowest BCUT2D eigenvalue weighted by molar-refractivity contribution is 0.635. The fourth-order valence-electron chi connectivity index (χ4n) is 6.28.